The zero-order chi connectivity index (χ0) is 16.9. The normalized spacial score (nSPS) is 10.3. The van der Waals surface area contributed by atoms with Crippen molar-refractivity contribution in [1.29, 1.82) is 0 Å². The van der Waals surface area contributed by atoms with E-state index in [0.717, 1.165) is 11.4 Å². The highest BCUT2D eigenvalue weighted by Crippen LogP contribution is 2.27. The summed E-state index contributed by atoms with van der Waals surface area (Å²) in [6.45, 7) is 0. The minimum Gasteiger partial charge on any atom is -0.497 e. The number of ether oxygens (including phenoxy) is 1. The maximum Gasteiger partial charge on any atom is 0.249 e. The maximum atomic E-state index is 6.13. The molecule has 3 aromatic rings. The number of hydrogen-bond donors (Lipinski definition) is 2. The van der Waals surface area contributed by atoms with E-state index in [2.05, 4.69) is 25.8 Å². The number of halogens is 2. The topological polar surface area (TPSA) is 72.0 Å². The fourth-order valence-corrected chi connectivity index (χ4v) is 2.43. The number of hydrogen-bond acceptors (Lipinski definition) is 6. The van der Waals surface area contributed by atoms with Crippen LogP contribution in [0.2, 0.25) is 10.0 Å². The second-order valence-corrected chi connectivity index (χ2v) is 5.61. The van der Waals surface area contributed by atoms with Gasteiger partial charge in [-0.3, -0.25) is 0 Å². The van der Waals surface area contributed by atoms with E-state index < -0.39 is 0 Å². The minimum absolute atomic E-state index is 0.312. The molecule has 8 heteroatoms. The minimum atomic E-state index is 0.312. The molecule has 0 bridgehead atoms. The van der Waals surface area contributed by atoms with Crippen LogP contribution in [0.4, 0.5) is 23.1 Å². The molecular weight excluding hydrogens is 349 g/mol. The summed E-state index contributed by atoms with van der Waals surface area (Å²) in [5, 5.41) is 15.0. The lowest BCUT2D eigenvalue weighted by molar-refractivity contribution is 0.415. The highest BCUT2D eigenvalue weighted by atomic mass is 35.5. The van der Waals surface area contributed by atoms with Gasteiger partial charge in [-0.2, -0.15) is 10.1 Å². The van der Waals surface area contributed by atoms with Crippen LogP contribution in [0.15, 0.2) is 48.7 Å². The quantitative estimate of drug-likeness (QED) is 0.687. The van der Waals surface area contributed by atoms with Gasteiger partial charge in [-0.05, 0) is 30.3 Å². The van der Waals surface area contributed by atoms with Gasteiger partial charge in [0.25, 0.3) is 0 Å². The largest absolute Gasteiger partial charge is 0.497 e. The molecule has 3 rings (SSSR count). The molecule has 1 aromatic heterocycles. The van der Waals surface area contributed by atoms with E-state index in [0.29, 0.717) is 27.5 Å². The number of rotatable bonds is 5. The standard InChI is InChI=1S/C16H13Cl2N5O/c1-24-12-4-2-3-11(8-12)20-15-9-19-23-16(22-15)21-14-6-5-10(17)7-13(14)18/h2-9H,1H3,(H2,20,21,22,23). The van der Waals surface area contributed by atoms with Crippen LogP contribution < -0.4 is 15.4 Å². The van der Waals surface area contributed by atoms with Crippen LogP contribution in [-0.4, -0.2) is 22.3 Å². The van der Waals surface area contributed by atoms with Crippen molar-refractivity contribution >= 4 is 46.3 Å². The molecule has 122 valence electrons. The summed E-state index contributed by atoms with van der Waals surface area (Å²) in [5.74, 6) is 1.59. The maximum absolute atomic E-state index is 6.13. The van der Waals surface area contributed by atoms with E-state index in [-0.39, 0.29) is 0 Å². The average Bonchev–Trinajstić information content (AvgIpc) is 2.58. The van der Waals surface area contributed by atoms with Gasteiger partial charge in [0.05, 0.1) is 24.0 Å². The molecule has 6 nitrogen and oxygen atoms in total. The Morgan fingerprint density at radius 1 is 1.04 bits per heavy atom. The van der Waals surface area contributed by atoms with E-state index in [9.17, 15) is 0 Å². The Kier molecular flexibility index (Phi) is 4.98. The van der Waals surface area contributed by atoms with Crippen molar-refractivity contribution in [2.75, 3.05) is 17.7 Å². The Morgan fingerprint density at radius 3 is 2.71 bits per heavy atom. The van der Waals surface area contributed by atoms with Crippen LogP contribution in [0.25, 0.3) is 0 Å². The molecule has 0 saturated carbocycles. The number of anilines is 4. The van der Waals surface area contributed by atoms with E-state index in [1.807, 2.05) is 24.3 Å². The Bertz CT molecular complexity index is 859. The fraction of sp³-hybridized carbons (Fsp3) is 0.0625. The second kappa shape index (κ2) is 7.33. The van der Waals surface area contributed by atoms with Gasteiger partial charge in [0.1, 0.15) is 5.75 Å². The number of benzene rings is 2. The molecule has 0 aliphatic heterocycles. The summed E-state index contributed by atoms with van der Waals surface area (Å²) in [7, 11) is 1.61. The van der Waals surface area contributed by atoms with Crippen molar-refractivity contribution in [1.82, 2.24) is 15.2 Å². The SMILES string of the molecule is COc1cccc(Nc2cnnc(Nc3ccc(Cl)cc3Cl)n2)c1. The molecule has 1 heterocycles. The summed E-state index contributed by atoms with van der Waals surface area (Å²) in [5.41, 5.74) is 1.46. The molecule has 0 fully saturated rings. The molecule has 0 atom stereocenters. The van der Waals surface area contributed by atoms with Gasteiger partial charge in [0.15, 0.2) is 5.82 Å². The number of nitrogens with one attached hydrogen (secondary N) is 2. The monoisotopic (exact) mass is 361 g/mol. The summed E-state index contributed by atoms with van der Waals surface area (Å²) in [6, 6.07) is 12.6. The van der Waals surface area contributed by atoms with Gasteiger partial charge in [0.2, 0.25) is 5.95 Å². The average molecular weight is 362 g/mol. The summed E-state index contributed by atoms with van der Waals surface area (Å²) in [6.07, 6.45) is 1.52. The van der Waals surface area contributed by atoms with Crippen LogP contribution in [0, 0.1) is 0 Å². The Morgan fingerprint density at radius 2 is 1.92 bits per heavy atom. The Labute approximate surface area is 148 Å². The van der Waals surface area contributed by atoms with Crippen LogP contribution in [0.3, 0.4) is 0 Å². The molecule has 0 unspecified atom stereocenters. The van der Waals surface area contributed by atoms with Crippen molar-refractivity contribution < 1.29 is 4.74 Å². The number of aromatic nitrogens is 3. The fourth-order valence-electron chi connectivity index (χ4n) is 1.98. The van der Waals surface area contributed by atoms with E-state index in [4.69, 9.17) is 27.9 Å². The molecule has 2 N–H and O–H groups in total. The zero-order valence-corrected chi connectivity index (χ0v) is 14.1. The van der Waals surface area contributed by atoms with Crippen molar-refractivity contribution in [3.63, 3.8) is 0 Å². The molecule has 0 saturated heterocycles. The summed E-state index contributed by atoms with van der Waals surface area (Å²) in [4.78, 5) is 4.35. The van der Waals surface area contributed by atoms with E-state index in [1.54, 1.807) is 25.3 Å². The lowest BCUT2D eigenvalue weighted by atomic mass is 10.3. The van der Waals surface area contributed by atoms with Gasteiger partial charge < -0.3 is 15.4 Å². The molecule has 0 spiro atoms. The Hall–Kier alpha value is -2.57. The third kappa shape index (κ3) is 4.04. The van der Waals surface area contributed by atoms with E-state index >= 15 is 0 Å². The highest BCUT2D eigenvalue weighted by Gasteiger charge is 2.06. The highest BCUT2D eigenvalue weighted by molar-refractivity contribution is 6.36. The first-order valence-electron chi connectivity index (χ1n) is 6.97. The molecule has 0 radical (unpaired) electrons. The van der Waals surface area contributed by atoms with Crippen LogP contribution in [0.5, 0.6) is 5.75 Å². The van der Waals surface area contributed by atoms with Crippen LogP contribution in [0.1, 0.15) is 0 Å². The molecule has 0 aliphatic rings. The molecule has 24 heavy (non-hydrogen) atoms. The predicted molar refractivity (Wildman–Crippen MR) is 95.8 cm³/mol. The lowest BCUT2D eigenvalue weighted by Crippen LogP contribution is -2.02. The first-order chi connectivity index (χ1) is 11.6. The summed E-state index contributed by atoms with van der Waals surface area (Å²) < 4.78 is 5.19. The Balaban J connectivity index is 1.78. The van der Waals surface area contributed by atoms with Crippen LogP contribution >= 0.6 is 23.2 Å². The lowest BCUT2D eigenvalue weighted by Gasteiger charge is -2.09. The van der Waals surface area contributed by atoms with Gasteiger partial charge in [-0.15, -0.1) is 5.10 Å². The van der Waals surface area contributed by atoms with Crippen molar-refractivity contribution in [3.05, 3.63) is 58.7 Å². The first-order valence-corrected chi connectivity index (χ1v) is 7.72. The van der Waals surface area contributed by atoms with Gasteiger partial charge in [0, 0.05) is 16.8 Å². The molecule has 0 amide bonds. The number of methoxy groups -OCH3 is 1. The van der Waals surface area contributed by atoms with Gasteiger partial charge >= 0.3 is 0 Å². The third-order valence-corrected chi connectivity index (χ3v) is 3.63. The van der Waals surface area contributed by atoms with Gasteiger partial charge in [-0.25, -0.2) is 0 Å². The van der Waals surface area contributed by atoms with Crippen molar-refractivity contribution in [2.45, 2.75) is 0 Å². The summed E-state index contributed by atoms with van der Waals surface area (Å²) >= 11 is 12.0. The van der Waals surface area contributed by atoms with Crippen molar-refractivity contribution in [3.8, 4) is 5.75 Å². The molecule has 2 aromatic carbocycles. The van der Waals surface area contributed by atoms with Crippen LogP contribution in [-0.2, 0) is 0 Å². The van der Waals surface area contributed by atoms with E-state index in [1.165, 1.54) is 6.20 Å². The van der Waals surface area contributed by atoms with Gasteiger partial charge in [-0.1, -0.05) is 29.3 Å². The van der Waals surface area contributed by atoms with Crippen molar-refractivity contribution in [2.24, 2.45) is 0 Å². The third-order valence-electron chi connectivity index (χ3n) is 3.08. The smallest absolute Gasteiger partial charge is 0.249 e. The predicted octanol–water partition coefficient (Wildman–Crippen LogP) is 4.67. The zero-order valence-electron chi connectivity index (χ0n) is 12.6. The number of nitrogens with zero attached hydrogens (tertiary/aromatic N) is 3. The molecular formula is C16H13Cl2N5O. The molecule has 0 aliphatic carbocycles. The second-order valence-electron chi connectivity index (χ2n) is 4.77. The first kappa shape index (κ1) is 16.3.